The summed E-state index contributed by atoms with van der Waals surface area (Å²) < 4.78 is 27.6. The summed E-state index contributed by atoms with van der Waals surface area (Å²) in [6.07, 6.45) is 0. The van der Waals surface area contributed by atoms with Crippen LogP contribution >= 0.6 is 15.9 Å². The standard InChI is InChI=1S/C14H19BrF2N2O/c1-9(2)6-18-13(20)8-19(3)7-10-12(16)5-4-11(15)14(10)17/h4-5,9H,6-8H2,1-3H3,(H,18,20). The van der Waals surface area contributed by atoms with E-state index in [1.165, 1.54) is 12.1 Å². The quantitative estimate of drug-likeness (QED) is 0.801. The second-order valence-corrected chi connectivity index (χ2v) is 6.05. The van der Waals surface area contributed by atoms with Gasteiger partial charge in [-0.25, -0.2) is 8.78 Å². The van der Waals surface area contributed by atoms with E-state index in [-0.39, 0.29) is 29.0 Å². The topological polar surface area (TPSA) is 32.3 Å². The molecule has 0 bridgehead atoms. The van der Waals surface area contributed by atoms with Gasteiger partial charge in [-0.15, -0.1) is 0 Å². The maximum atomic E-state index is 13.8. The van der Waals surface area contributed by atoms with Gasteiger partial charge in [-0.1, -0.05) is 13.8 Å². The van der Waals surface area contributed by atoms with Crippen LogP contribution in [0.25, 0.3) is 0 Å². The Morgan fingerprint density at radius 1 is 1.40 bits per heavy atom. The monoisotopic (exact) mass is 348 g/mol. The molecule has 0 aliphatic carbocycles. The first-order valence-corrected chi connectivity index (χ1v) is 7.18. The molecule has 1 N–H and O–H groups in total. The van der Waals surface area contributed by atoms with Crippen LogP contribution in [-0.2, 0) is 11.3 Å². The van der Waals surface area contributed by atoms with Crippen LogP contribution in [-0.4, -0.2) is 30.9 Å². The van der Waals surface area contributed by atoms with Gasteiger partial charge < -0.3 is 5.32 Å². The van der Waals surface area contributed by atoms with E-state index in [1.807, 2.05) is 13.8 Å². The minimum Gasteiger partial charge on any atom is -0.355 e. The maximum absolute atomic E-state index is 13.8. The number of amides is 1. The summed E-state index contributed by atoms with van der Waals surface area (Å²) in [4.78, 5) is 13.2. The average molecular weight is 349 g/mol. The van der Waals surface area contributed by atoms with Gasteiger partial charge in [0.1, 0.15) is 11.6 Å². The van der Waals surface area contributed by atoms with Gasteiger partial charge in [-0.3, -0.25) is 9.69 Å². The first-order chi connectivity index (χ1) is 9.31. The summed E-state index contributed by atoms with van der Waals surface area (Å²) in [7, 11) is 1.65. The van der Waals surface area contributed by atoms with Crippen LogP contribution in [0.1, 0.15) is 19.4 Å². The van der Waals surface area contributed by atoms with Crippen LogP contribution in [0.15, 0.2) is 16.6 Å². The Bertz CT molecular complexity index is 480. The zero-order valence-electron chi connectivity index (χ0n) is 11.8. The highest BCUT2D eigenvalue weighted by atomic mass is 79.9. The number of halogens is 3. The molecule has 0 unspecified atom stereocenters. The maximum Gasteiger partial charge on any atom is 0.234 e. The van der Waals surface area contributed by atoms with Crippen molar-refractivity contribution in [3.63, 3.8) is 0 Å². The van der Waals surface area contributed by atoms with Gasteiger partial charge >= 0.3 is 0 Å². The predicted octanol–water partition coefficient (Wildman–Crippen LogP) is 2.93. The number of carbonyl (C=O) groups is 1. The molecule has 1 rings (SSSR count). The fourth-order valence-electron chi connectivity index (χ4n) is 1.66. The van der Waals surface area contributed by atoms with E-state index in [4.69, 9.17) is 0 Å². The second-order valence-electron chi connectivity index (χ2n) is 5.19. The lowest BCUT2D eigenvalue weighted by Crippen LogP contribution is -2.36. The summed E-state index contributed by atoms with van der Waals surface area (Å²) in [5.41, 5.74) is -0.0430. The summed E-state index contributed by atoms with van der Waals surface area (Å²) >= 11 is 3.02. The van der Waals surface area contributed by atoms with Gasteiger partial charge in [-0.2, -0.15) is 0 Å². The smallest absolute Gasteiger partial charge is 0.234 e. The van der Waals surface area contributed by atoms with Crippen molar-refractivity contribution in [1.29, 1.82) is 0 Å². The number of benzene rings is 1. The molecule has 0 saturated heterocycles. The molecule has 0 aromatic heterocycles. The number of hydrogen-bond acceptors (Lipinski definition) is 2. The molecule has 0 spiro atoms. The third-order valence-electron chi connectivity index (χ3n) is 2.69. The number of nitrogens with zero attached hydrogens (tertiary/aromatic N) is 1. The molecule has 0 radical (unpaired) electrons. The molecule has 0 aliphatic rings. The molecule has 6 heteroatoms. The third kappa shape index (κ3) is 5.17. The highest BCUT2D eigenvalue weighted by Crippen LogP contribution is 2.22. The van der Waals surface area contributed by atoms with E-state index < -0.39 is 11.6 Å². The fraction of sp³-hybridized carbons (Fsp3) is 0.500. The van der Waals surface area contributed by atoms with Gasteiger partial charge in [0.05, 0.1) is 11.0 Å². The van der Waals surface area contributed by atoms with Crippen molar-refractivity contribution in [2.24, 2.45) is 5.92 Å². The van der Waals surface area contributed by atoms with Gasteiger partial charge in [0, 0.05) is 18.7 Å². The van der Waals surface area contributed by atoms with Gasteiger partial charge in [0.15, 0.2) is 0 Å². The molecule has 20 heavy (non-hydrogen) atoms. The molecule has 0 atom stereocenters. The van der Waals surface area contributed by atoms with Crippen LogP contribution in [0.4, 0.5) is 8.78 Å². The number of hydrogen-bond donors (Lipinski definition) is 1. The molecule has 1 aromatic rings. The van der Waals surface area contributed by atoms with E-state index in [0.29, 0.717) is 12.5 Å². The Hall–Kier alpha value is -1.01. The molecular formula is C14H19BrF2N2O. The second kappa shape index (κ2) is 7.69. The molecule has 0 saturated carbocycles. The first kappa shape index (κ1) is 17.0. The van der Waals surface area contributed by atoms with Crippen LogP contribution in [0.3, 0.4) is 0 Å². The zero-order valence-corrected chi connectivity index (χ0v) is 13.4. The third-order valence-corrected chi connectivity index (χ3v) is 3.30. The van der Waals surface area contributed by atoms with Crippen LogP contribution in [0.5, 0.6) is 0 Å². The Balaban J connectivity index is 2.61. The van der Waals surface area contributed by atoms with Crippen LogP contribution in [0.2, 0.25) is 0 Å². The summed E-state index contributed by atoms with van der Waals surface area (Å²) in [5.74, 6) is -1.03. The van der Waals surface area contributed by atoms with Gasteiger partial charge in [-0.05, 0) is 41.0 Å². The minimum atomic E-state index is -0.626. The lowest BCUT2D eigenvalue weighted by atomic mass is 10.2. The van der Waals surface area contributed by atoms with Gasteiger partial charge in [0.25, 0.3) is 0 Å². The van der Waals surface area contributed by atoms with Crippen molar-refractivity contribution in [2.75, 3.05) is 20.1 Å². The number of nitrogens with one attached hydrogen (secondary N) is 1. The molecule has 112 valence electrons. The largest absolute Gasteiger partial charge is 0.355 e. The Labute approximate surface area is 126 Å². The lowest BCUT2D eigenvalue weighted by molar-refractivity contribution is -0.122. The first-order valence-electron chi connectivity index (χ1n) is 6.39. The van der Waals surface area contributed by atoms with Crippen LogP contribution < -0.4 is 5.32 Å². The highest BCUT2D eigenvalue weighted by Gasteiger charge is 2.15. The Morgan fingerprint density at radius 3 is 2.65 bits per heavy atom. The molecule has 0 fully saturated rings. The van der Waals surface area contributed by atoms with Crippen molar-refractivity contribution in [3.8, 4) is 0 Å². The van der Waals surface area contributed by atoms with E-state index in [2.05, 4.69) is 21.2 Å². The summed E-state index contributed by atoms with van der Waals surface area (Å²) in [6.45, 7) is 4.71. The van der Waals surface area contributed by atoms with E-state index in [0.717, 1.165) is 0 Å². The minimum absolute atomic E-state index is 0.0339. The SMILES string of the molecule is CC(C)CNC(=O)CN(C)Cc1c(F)ccc(Br)c1F. The molecule has 1 aromatic carbocycles. The van der Waals surface area contributed by atoms with E-state index >= 15 is 0 Å². The highest BCUT2D eigenvalue weighted by molar-refractivity contribution is 9.10. The molecular weight excluding hydrogens is 330 g/mol. The number of rotatable bonds is 6. The van der Waals surface area contributed by atoms with E-state index in [9.17, 15) is 13.6 Å². The number of likely N-dealkylation sites (N-methyl/N-ethyl adjacent to an activating group) is 1. The van der Waals surface area contributed by atoms with Crippen molar-refractivity contribution >= 4 is 21.8 Å². The van der Waals surface area contributed by atoms with Crippen LogP contribution in [0, 0.1) is 17.6 Å². The average Bonchev–Trinajstić information content (AvgIpc) is 2.37. The summed E-state index contributed by atoms with van der Waals surface area (Å²) in [6, 6.07) is 2.53. The lowest BCUT2D eigenvalue weighted by Gasteiger charge is -2.18. The predicted molar refractivity (Wildman–Crippen MR) is 78.2 cm³/mol. The van der Waals surface area contributed by atoms with Crippen molar-refractivity contribution in [1.82, 2.24) is 10.2 Å². The van der Waals surface area contributed by atoms with Crippen molar-refractivity contribution in [3.05, 3.63) is 33.8 Å². The molecule has 1 amide bonds. The van der Waals surface area contributed by atoms with Gasteiger partial charge in [0.2, 0.25) is 5.91 Å². The Morgan fingerprint density at radius 2 is 2.05 bits per heavy atom. The van der Waals surface area contributed by atoms with E-state index in [1.54, 1.807) is 11.9 Å². The zero-order chi connectivity index (χ0) is 15.3. The van der Waals surface area contributed by atoms with Crippen molar-refractivity contribution in [2.45, 2.75) is 20.4 Å². The number of carbonyl (C=O) groups excluding carboxylic acids is 1. The molecule has 3 nitrogen and oxygen atoms in total. The molecule has 0 aliphatic heterocycles. The Kier molecular flexibility index (Phi) is 6.55. The van der Waals surface area contributed by atoms with Crippen molar-refractivity contribution < 1.29 is 13.6 Å². The normalized spacial score (nSPS) is 11.2. The molecule has 0 heterocycles. The fourth-order valence-corrected chi connectivity index (χ4v) is 2.03. The summed E-state index contributed by atoms with van der Waals surface area (Å²) in [5, 5.41) is 2.76.